The molecule has 17 heavy (non-hydrogen) atoms. The molecule has 1 N–H and O–H groups in total. The van der Waals surface area contributed by atoms with Crippen LogP contribution in [-0.2, 0) is 10.2 Å². The number of aliphatic carboxylic acids is 1. The molecule has 0 fully saturated rings. The molecular weight excluding hydrogens is 213 g/mol. The number of benzene rings is 2. The van der Waals surface area contributed by atoms with Crippen molar-refractivity contribution in [1.29, 1.82) is 0 Å². The van der Waals surface area contributed by atoms with E-state index in [0.29, 0.717) is 0 Å². The van der Waals surface area contributed by atoms with Gasteiger partial charge in [-0.2, -0.15) is 0 Å². The molecule has 0 aromatic heterocycles. The summed E-state index contributed by atoms with van der Waals surface area (Å²) in [6.07, 6.45) is 0. The van der Waals surface area contributed by atoms with Gasteiger partial charge in [-0.05, 0) is 29.2 Å². The van der Waals surface area contributed by atoms with Crippen LogP contribution in [0.5, 0.6) is 0 Å². The summed E-state index contributed by atoms with van der Waals surface area (Å²) in [5.41, 5.74) is 2.91. The number of carboxylic acids is 1. The Morgan fingerprint density at radius 1 is 0.941 bits per heavy atom. The maximum atomic E-state index is 11.6. The molecule has 3 rings (SSSR count). The lowest BCUT2D eigenvalue weighted by molar-refractivity contribution is -0.141. The van der Waals surface area contributed by atoms with Crippen LogP contribution in [0.15, 0.2) is 48.5 Å². The Morgan fingerprint density at radius 3 is 1.76 bits per heavy atom. The molecule has 2 aromatic carbocycles. The number of rotatable bonds is 1. The molecule has 0 aliphatic heterocycles. The van der Waals surface area contributed by atoms with E-state index in [1.54, 1.807) is 6.92 Å². The molecule has 0 atom stereocenters. The largest absolute Gasteiger partial charge is 0.480 e. The van der Waals surface area contributed by atoms with Gasteiger partial charge in [-0.25, -0.2) is 0 Å². The SMILES string of the molecule is [13CH3]C1(C(=O)O)c2ccccc2-c2ccccc21. The minimum atomic E-state index is -0.923. The third-order valence-electron chi connectivity index (χ3n) is 3.65. The summed E-state index contributed by atoms with van der Waals surface area (Å²) in [6, 6.07) is 15.5. The standard InChI is InChI=1S/C15H12O2/c1-15(14(16)17)12-8-4-2-6-10(12)11-7-3-5-9-13(11)15/h2-9H,1H3,(H,16,17)/i1+1. The third kappa shape index (κ3) is 1.12. The first-order chi connectivity index (χ1) is 8.15. The molecule has 0 bridgehead atoms. The summed E-state index contributed by atoms with van der Waals surface area (Å²) in [7, 11) is 0. The zero-order valence-corrected chi connectivity index (χ0v) is 9.47. The molecule has 1 aliphatic rings. The topological polar surface area (TPSA) is 37.3 Å². The second kappa shape index (κ2) is 3.20. The van der Waals surface area contributed by atoms with Gasteiger partial charge in [0.2, 0.25) is 0 Å². The van der Waals surface area contributed by atoms with Crippen LogP contribution in [0.2, 0.25) is 0 Å². The lowest BCUT2D eigenvalue weighted by atomic mass is 9.86. The smallest absolute Gasteiger partial charge is 0.318 e. The molecule has 2 aromatic rings. The van der Waals surface area contributed by atoms with E-state index in [1.807, 2.05) is 48.5 Å². The molecule has 0 unspecified atom stereocenters. The Morgan fingerprint density at radius 2 is 1.35 bits per heavy atom. The number of carboxylic acid groups (broad SMARTS) is 1. The Bertz CT molecular complexity index is 568. The summed E-state index contributed by atoms with van der Waals surface area (Å²) in [5.74, 6) is -0.796. The van der Waals surface area contributed by atoms with E-state index < -0.39 is 11.4 Å². The van der Waals surface area contributed by atoms with E-state index in [4.69, 9.17) is 0 Å². The van der Waals surface area contributed by atoms with Gasteiger partial charge < -0.3 is 5.11 Å². The summed E-state index contributed by atoms with van der Waals surface area (Å²) < 4.78 is 0. The first kappa shape index (κ1) is 10.1. The highest BCUT2D eigenvalue weighted by atomic mass is 16.4. The highest BCUT2D eigenvalue weighted by molar-refractivity contribution is 5.96. The first-order valence-electron chi connectivity index (χ1n) is 5.58. The summed E-state index contributed by atoms with van der Waals surface area (Å²) in [4.78, 5) is 11.6. The fraction of sp³-hybridized carbons (Fsp3) is 0.133. The van der Waals surface area contributed by atoms with Crippen LogP contribution in [0.1, 0.15) is 18.1 Å². The van der Waals surface area contributed by atoms with Crippen LogP contribution < -0.4 is 0 Å². The van der Waals surface area contributed by atoms with Crippen LogP contribution in [0, 0.1) is 0 Å². The molecule has 2 heteroatoms. The maximum Gasteiger partial charge on any atom is 0.318 e. The zero-order valence-electron chi connectivity index (χ0n) is 9.47. The predicted molar refractivity (Wildman–Crippen MR) is 66.0 cm³/mol. The molecule has 0 saturated carbocycles. The molecular formula is C15H12O2. The quantitative estimate of drug-likeness (QED) is 0.757. The van der Waals surface area contributed by atoms with Crippen LogP contribution >= 0.6 is 0 Å². The van der Waals surface area contributed by atoms with E-state index >= 15 is 0 Å². The van der Waals surface area contributed by atoms with Crippen molar-refractivity contribution < 1.29 is 9.90 Å². The molecule has 0 radical (unpaired) electrons. The van der Waals surface area contributed by atoms with Crippen molar-refractivity contribution in [1.82, 2.24) is 0 Å². The monoisotopic (exact) mass is 225 g/mol. The fourth-order valence-corrected chi connectivity index (χ4v) is 2.68. The molecule has 84 valence electrons. The van der Waals surface area contributed by atoms with Crippen molar-refractivity contribution >= 4 is 5.97 Å². The van der Waals surface area contributed by atoms with Crippen molar-refractivity contribution in [2.45, 2.75) is 12.3 Å². The van der Waals surface area contributed by atoms with E-state index in [-0.39, 0.29) is 0 Å². The molecule has 2 nitrogen and oxygen atoms in total. The van der Waals surface area contributed by atoms with E-state index in [2.05, 4.69) is 0 Å². The van der Waals surface area contributed by atoms with Gasteiger partial charge in [0.05, 0.1) is 0 Å². The number of carbonyl (C=O) groups is 1. The van der Waals surface area contributed by atoms with Crippen molar-refractivity contribution in [2.75, 3.05) is 0 Å². The van der Waals surface area contributed by atoms with Crippen molar-refractivity contribution in [3.8, 4) is 11.1 Å². The Labute approximate surface area is 99.5 Å². The fourth-order valence-electron chi connectivity index (χ4n) is 2.68. The Kier molecular flexibility index (Phi) is 1.90. The molecule has 0 spiro atoms. The normalized spacial score (nSPS) is 15.1. The number of hydrogen-bond donors (Lipinski definition) is 1. The van der Waals surface area contributed by atoms with E-state index in [1.165, 1.54) is 0 Å². The Balaban J connectivity index is 2.43. The van der Waals surface area contributed by atoms with Gasteiger partial charge >= 0.3 is 5.97 Å². The van der Waals surface area contributed by atoms with Gasteiger partial charge in [-0.1, -0.05) is 48.5 Å². The molecule has 0 heterocycles. The van der Waals surface area contributed by atoms with E-state index in [9.17, 15) is 9.90 Å². The van der Waals surface area contributed by atoms with Crippen LogP contribution in [0.4, 0.5) is 0 Å². The average Bonchev–Trinajstić information content (AvgIpc) is 2.63. The highest BCUT2D eigenvalue weighted by Crippen LogP contribution is 2.48. The van der Waals surface area contributed by atoms with Crippen molar-refractivity contribution in [2.24, 2.45) is 0 Å². The average molecular weight is 225 g/mol. The van der Waals surface area contributed by atoms with E-state index in [0.717, 1.165) is 22.3 Å². The minimum Gasteiger partial charge on any atom is -0.480 e. The second-order valence-corrected chi connectivity index (χ2v) is 4.52. The van der Waals surface area contributed by atoms with Crippen molar-refractivity contribution in [3.05, 3.63) is 59.7 Å². The maximum absolute atomic E-state index is 11.6. The number of hydrogen-bond acceptors (Lipinski definition) is 1. The summed E-state index contributed by atoms with van der Waals surface area (Å²) in [5, 5.41) is 9.57. The Hall–Kier alpha value is -2.09. The number of fused-ring (bicyclic) bond motifs is 3. The second-order valence-electron chi connectivity index (χ2n) is 4.52. The van der Waals surface area contributed by atoms with Gasteiger partial charge in [-0.15, -0.1) is 0 Å². The third-order valence-corrected chi connectivity index (χ3v) is 3.65. The van der Waals surface area contributed by atoms with Gasteiger partial charge in [0.1, 0.15) is 5.41 Å². The summed E-state index contributed by atoms with van der Waals surface area (Å²) in [6.45, 7) is 1.78. The lowest BCUT2D eigenvalue weighted by Gasteiger charge is -2.21. The first-order valence-corrected chi connectivity index (χ1v) is 5.58. The van der Waals surface area contributed by atoms with Crippen LogP contribution in [0.25, 0.3) is 11.1 Å². The van der Waals surface area contributed by atoms with Gasteiger partial charge in [0.25, 0.3) is 0 Å². The van der Waals surface area contributed by atoms with Crippen LogP contribution in [0.3, 0.4) is 0 Å². The van der Waals surface area contributed by atoms with Crippen molar-refractivity contribution in [3.63, 3.8) is 0 Å². The zero-order chi connectivity index (χ0) is 12.0. The molecule has 1 aliphatic carbocycles. The van der Waals surface area contributed by atoms with Gasteiger partial charge in [0, 0.05) is 0 Å². The molecule has 0 saturated heterocycles. The molecule has 0 amide bonds. The lowest BCUT2D eigenvalue weighted by Crippen LogP contribution is -2.31. The van der Waals surface area contributed by atoms with Gasteiger partial charge in [-0.3, -0.25) is 4.79 Å². The summed E-state index contributed by atoms with van der Waals surface area (Å²) >= 11 is 0. The minimum absolute atomic E-state index is 0.796. The van der Waals surface area contributed by atoms with Crippen LogP contribution in [-0.4, -0.2) is 11.1 Å². The predicted octanol–water partition coefficient (Wildman–Crippen LogP) is 3.06. The highest BCUT2D eigenvalue weighted by Gasteiger charge is 2.45. The van der Waals surface area contributed by atoms with Gasteiger partial charge in [0.15, 0.2) is 0 Å².